The van der Waals surface area contributed by atoms with Crippen LogP contribution < -0.4 is 5.32 Å². The van der Waals surface area contributed by atoms with E-state index in [2.05, 4.69) is 5.32 Å². The van der Waals surface area contributed by atoms with Crippen LogP contribution in [0.2, 0.25) is 0 Å². The average molecular weight is 283 g/mol. The number of rotatable bonds is 7. The van der Waals surface area contributed by atoms with Crippen LogP contribution >= 0.6 is 0 Å². The number of carbonyl (C=O) groups is 2. The Morgan fingerprint density at radius 2 is 1.52 bits per heavy atom. The molecule has 2 N–H and O–H groups in total. The number of benzene rings is 2. The maximum atomic E-state index is 12.2. The number of Topliss-reactive ketones (excluding diaryl/α,β-unsaturated/α-hetero) is 1. The van der Waals surface area contributed by atoms with Crippen LogP contribution in [-0.2, 0) is 9.59 Å². The lowest BCUT2D eigenvalue weighted by Gasteiger charge is -2.12. The first-order chi connectivity index (χ1) is 10.2. The predicted octanol–water partition coefficient (Wildman–Crippen LogP) is 2.93. The second-order valence-corrected chi connectivity index (χ2v) is 4.69. The molecule has 0 aromatic heterocycles. The summed E-state index contributed by atoms with van der Waals surface area (Å²) < 4.78 is 0. The summed E-state index contributed by atoms with van der Waals surface area (Å²) in [5, 5.41) is 12.4. The van der Waals surface area contributed by atoms with Crippen molar-refractivity contribution in [2.75, 3.05) is 11.9 Å². The molecule has 0 amide bonds. The summed E-state index contributed by atoms with van der Waals surface area (Å²) >= 11 is 0. The van der Waals surface area contributed by atoms with Gasteiger partial charge in [0.05, 0.1) is 0 Å². The normalized spacial score (nSPS) is 11.6. The van der Waals surface area contributed by atoms with Gasteiger partial charge in [-0.05, 0) is 17.7 Å². The van der Waals surface area contributed by atoms with Gasteiger partial charge >= 0.3 is 5.97 Å². The molecule has 4 heteroatoms. The van der Waals surface area contributed by atoms with Gasteiger partial charge in [-0.2, -0.15) is 0 Å². The Kier molecular flexibility index (Phi) is 5.10. The monoisotopic (exact) mass is 283 g/mol. The van der Waals surface area contributed by atoms with Crippen LogP contribution in [0.4, 0.5) is 5.69 Å². The predicted molar refractivity (Wildman–Crippen MR) is 81.4 cm³/mol. The van der Waals surface area contributed by atoms with Gasteiger partial charge in [0.25, 0.3) is 0 Å². The molecule has 0 aliphatic carbocycles. The quantitative estimate of drug-likeness (QED) is 0.767. The van der Waals surface area contributed by atoms with Gasteiger partial charge in [-0.15, -0.1) is 0 Å². The van der Waals surface area contributed by atoms with Crippen molar-refractivity contribution in [3.63, 3.8) is 0 Å². The highest BCUT2D eigenvalue weighted by Gasteiger charge is 2.27. The van der Waals surface area contributed by atoms with Crippen molar-refractivity contribution < 1.29 is 14.7 Å². The fourth-order valence-corrected chi connectivity index (χ4v) is 2.14. The maximum Gasteiger partial charge on any atom is 0.318 e. The third kappa shape index (κ3) is 4.18. The molecule has 0 saturated carbocycles. The van der Waals surface area contributed by atoms with E-state index in [1.165, 1.54) is 0 Å². The highest BCUT2D eigenvalue weighted by atomic mass is 16.4. The van der Waals surface area contributed by atoms with Gasteiger partial charge < -0.3 is 10.4 Å². The first-order valence-electron chi connectivity index (χ1n) is 6.78. The Labute approximate surface area is 123 Å². The third-order valence-corrected chi connectivity index (χ3v) is 3.18. The van der Waals surface area contributed by atoms with Gasteiger partial charge in [-0.25, -0.2) is 0 Å². The number of carboxylic acids is 1. The Morgan fingerprint density at radius 1 is 0.952 bits per heavy atom. The number of nitrogens with one attached hydrogen (secondary N) is 1. The molecule has 4 nitrogen and oxygen atoms in total. The number of carbonyl (C=O) groups excluding carboxylic acids is 1. The highest BCUT2D eigenvalue weighted by molar-refractivity contribution is 6.03. The van der Waals surface area contributed by atoms with Crippen molar-refractivity contribution in [2.24, 2.45) is 0 Å². The number of ketones is 1. The molecule has 1 atom stereocenters. The first-order valence-corrected chi connectivity index (χ1v) is 6.78. The minimum absolute atomic E-state index is 0.167. The summed E-state index contributed by atoms with van der Waals surface area (Å²) in [4.78, 5) is 23.5. The molecular formula is C17H17NO3. The Bertz CT molecular complexity index is 596. The Hall–Kier alpha value is -2.62. The maximum absolute atomic E-state index is 12.2. The van der Waals surface area contributed by atoms with E-state index >= 15 is 0 Å². The molecule has 0 aliphatic rings. The fourth-order valence-electron chi connectivity index (χ4n) is 2.14. The van der Waals surface area contributed by atoms with E-state index in [1.54, 1.807) is 30.3 Å². The van der Waals surface area contributed by atoms with Crippen LogP contribution in [0.25, 0.3) is 0 Å². The lowest BCUT2D eigenvalue weighted by Crippen LogP contribution is -2.23. The largest absolute Gasteiger partial charge is 0.480 e. The van der Waals surface area contributed by atoms with Crippen LogP contribution in [0.15, 0.2) is 60.7 Å². The average Bonchev–Trinajstić information content (AvgIpc) is 2.49. The van der Waals surface area contributed by atoms with E-state index in [-0.39, 0.29) is 12.2 Å². The first kappa shape index (κ1) is 14.8. The van der Waals surface area contributed by atoms with E-state index in [1.807, 2.05) is 30.3 Å². The van der Waals surface area contributed by atoms with Gasteiger partial charge in [0.1, 0.15) is 5.92 Å². The number of hydrogen-bond acceptors (Lipinski definition) is 3. The smallest absolute Gasteiger partial charge is 0.318 e. The lowest BCUT2D eigenvalue weighted by molar-refractivity contribution is -0.142. The minimum Gasteiger partial charge on any atom is -0.480 e. The second-order valence-electron chi connectivity index (χ2n) is 4.69. The summed E-state index contributed by atoms with van der Waals surface area (Å²) in [7, 11) is 0. The topological polar surface area (TPSA) is 66.4 Å². The zero-order valence-electron chi connectivity index (χ0n) is 11.5. The highest BCUT2D eigenvalue weighted by Crippen LogP contribution is 2.18. The van der Waals surface area contributed by atoms with Gasteiger partial charge in [-0.1, -0.05) is 48.5 Å². The van der Waals surface area contributed by atoms with Crippen LogP contribution in [-0.4, -0.2) is 23.4 Å². The zero-order valence-corrected chi connectivity index (χ0v) is 11.5. The summed E-state index contributed by atoms with van der Waals surface area (Å²) in [6, 6.07) is 18.1. The van der Waals surface area contributed by atoms with Crippen molar-refractivity contribution in [3.8, 4) is 0 Å². The van der Waals surface area contributed by atoms with Crippen LogP contribution in [0.3, 0.4) is 0 Å². The summed E-state index contributed by atoms with van der Waals surface area (Å²) in [6.45, 7) is 0.416. The Morgan fingerprint density at radius 3 is 2.10 bits per heavy atom. The summed E-state index contributed by atoms with van der Waals surface area (Å²) in [6.07, 6.45) is 0.167. The van der Waals surface area contributed by atoms with Crippen molar-refractivity contribution in [2.45, 2.75) is 12.3 Å². The lowest BCUT2D eigenvalue weighted by atomic mass is 9.93. The summed E-state index contributed by atoms with van der Waals surface area (Å²) in [5.74, 6) is -2.49. The molecule has 0 heterocycles. The molecule has 1 unspecified atom stereocenters. The minimum atomic E-state index is -1.11. The standard InChI is InChI=1S/C17H17NO3/c19-15(11-12-18-14-9-5-2-6-10-14)16(17(20)21)13-7-3-1-4-8-13/h1-10,16,18H,11-12H2,(H,20,21). The second kappa shape index (κ2) is 7.24. The van der Waals surface area contributed by atoms with E-state index in [4.69, 9.17) is 0 Å². The number of aliphatic carboxylic acids is 1. The number of carboxylic acid groups (broad SMARTS) is 1. The van der Waals surface area contributed by atoms with Crippen LogP contribution in [0.5, 0.6) is 0 Å². The van der Waals surface area contributed by atoms with Crippen molar-refractivity contribution in [1.82, 2.24) is 0 Å². The SMILES string of the molecule is O=C(O)C(C(=O)CCNc1ccccc1)c1ccccc1. The van der Waals surface area contributed by atoms with Gasteiger partial charge in [0.15, 0.2) is 5.78 Å². The number of anilines is 1. The third-order valence-electron chi connectivity index (χ3n) is 3.18. The number of hydrogen-bond donors (Lipinski definition) is 2. The molecule has 0 bridgehead atoms. The van der Waals surface area contributed by atoms with Crippen LogP contribution in [0, 0.1) is 0 Å². The van der Waals surface area contributed by atoms with Crippen molar-refractivity contribution in [3.05, 3.63) is 66.2 Å². The molecule has 0 saturated heterocycles. The van der Waals surface area contributed by atoms with Crippen molar-refractivity contribution in [1.29, 1.82) is 0 Å². The van der Waals surface area contributed by atoms with E-state index in [0.29, 0.717) is 12.1 Å². The van der Waals surface area contributed by atoms with E-state index in [9.17, 15) is 14.7 Å². The van der Waals surface area contributed by atoms with Crippen LogP contribution in [0.1, 0.15) is 17.9 Å². The molecule has 108 valence electrons. The zero-order chi connectivity index (χ0) is 15.1. The molecular weight excluding hydrogens is 266 g/mol. The van der Waals surface area contributed by atoms with E-state index in [0.717, 1.165) is 5.69 Å². The molecule has 0 spiro atoms. The molecule has 2 aromatic rings. The molecule has 2 rings (SSSR count). The van der Waals surface area contributed by atoms with E-state index < -0.39 is 11.9 Å². The van der Waals surface area contributed by atoms with Gasteiger partial charge in [0, 0.05) is 18.7 Å². The summed E-state index contributed by atoms with van der Waals surface area (Å²) in [5.41, 5.74) is 1.44. The van der Waals surface area contributed by atoms with Gasteiger partial charge in [-0.3, -0.25) is 9.59 Å². The molecule has 21 heavy (non-hydrogen) atoms. The molecule has 2 aromatic carbocycles. The Balaban J connectivity index is 1.95. The molecule has 0 fully saturated rings. The molecule has 0 radical (unpaired) electrons. The van der Waals surface area contributed by atoms with Gasteiger partial charge in [0.2, 0.25) is 0 Å². The van der Waals surface area contributed by atoms with Crippen molar-refractivity contribution >= 4 is 17.4 Å². The fraction of sp³-hybridized carbons (Fsp3) is 0.176. The number of para-hydroxylation sites is 1. The molecule has 0 aliphatic heterocycles.